The summed E-state index contributed by atoms with van der Waals surface area (Å²) in [6.07, 6.45) is 3.28. The topological polar surface area (TPSA) is 86.8 Å². The molecule has 2 aromatic rings. The molecular formula is C22H27N3O4S. The third-order valence-corrected chi connectivity index (χ3v) is 7.02. The minimum Gasteiger partial charge on any atom is -0.348 e. The average Bonchev–Trinajstić information content (AvgIpc) is 2.78. The number of hydrogen-bond donors (Lipinski definition) is 1. The molecule has 0 atom stereocenters. The van der Waals surface area contributed by atoms with Gasteiger partial charge in [0.25, 0.3) is 11.8 Å². The van der Waals surface area contributed by atoms with E-state index in [9.17, 15) is 18.0 Å². The normalized spacial score (nSPS) is 14.6. The van der Waals surface area contributed by atoms with Gasteiger partial charge < -0.3 is 10.2 Å². The number of sulfonamides is 1. The maximum Gasteiger partial charge on any atom is 0.253 e. The number of amides is 2. The largest absolute Gasteiger partial charge is 0.348 e. The Morgan fingerprint density at radius 2 is 1.47 bits per heavy atom. The Balaban J connectivity index is 1.57. The van der Waals surface area contributed by atoms with Crippen LogP contribution in [-0.4, -0.2) is 56.6 Å². The highest BCUT2D eigenvalue weighted by molar-refractivity contribution is 7.89. The van der Waals surface area contributed by atoms with Gasteiger partial charge in [-0.25, -0.2) is 12.7 Å². The summed E-state index contributed by atoms with van der Waals surface area (Å²) in [4.78, 5) is 26.9. The molecule has 1 saturated heterocycles. The van der Waals surface area contributed by atoms with Crippen LogP contribution in [0.4, 0.5) is 0 Å². The van der Waals surface area contributed by atoms with Crippen molar-refractivity contribution in [3.05, 3.63) is 65.2 Å². The minimum atomic E-state index is -3.52. The van der Waals surface area contributed by atoms with E-state index in [1.807, 2.05) is 17.0 Å². The summed E-state index contributed by atoms with van der Waals surface area (Å²) in [6, 6.07) is 13.1. The molecule has 1 N–H and O–H groups in total. The zero-order chi connectivity index (χ0) is 21.7. The second-order valence-corrected chi connectivity index (χ2v) is 9.70. The second kappa shape index (κ2) is 9.40. The van der Waals surface area contributed by atoms with Gasteiger partial charge in [0.05, 0.1) is 4.90 Å². The highest BCUT2D eigenvalue weighted by Gasteiger charge is 2.19. The summed E-state index contributed by atoms with van der Waals surface area (Å²) in [5.41, 5.74) is 1.92. The Hall–Kier alpha value is -2.71. The Bertz CT molecular complexity index is 994. The molecule has 1 aliphatic rings. The number of carbonyl (C=O) groups excluding carboxylic acids is 2. The number of piperidine rings is 1. The van der Waals surface area contributed by atoms with Crippen molar-refractivity contribution in [1.82, 2.24) is 14.5 Å². The number of hydrogen-bond acceptors (Lipinski definition) is 4. The fourth-order valence-electron chi connectivity index (χ4n) is 3.32. The van der Waals surface area contributed by atoms with Crippen LogP contribution in [0.2, 0.25) is 0 Å². The van der Waals surface area contributed by atoms with E-state index in [0.717, 1.165) is 35.8 Å². The fraction of sp³-hybridized carbons (Fsp3) is 0.364. The molecule has 2 aromatic carbocycles. The van der Waals surface area contributed by atoms with Crippen molar-refractivity contribution in [2.24, 2.45) is 0 Å². The van der Waals surface area contributed by atoms with Crippen LogP contribution >= 0.6 is 0 Å². The minimum absolute atomic E-state index is 0.0538. The first-order valence-corrected chi connectivity index (χ1v) is 11.4. The summed E-state index contributed by atoms with van der Waals surface area (Å²) >= 11 is 0. The summed E-state index contributed by atoms with van der Waals surface area (Å²) in [6.45, 7) is 1.94. The lowest BCUT2D eigenvalue weighted by Gasteiger charge is -2.26. The highest BCUT2D eigenvalue weighted by Crippen LogP contribution is 2.15. The van der Waals surface area contributed by atoms with Crippen molar-refractivity contribution in [2.45, 2.75) is 30.7 Å². The van der Waals surface area contributed by atoms with Crippen molar-refractivity contribution in [3.8, 4) is 0 Å². The van der Waals surface area contributed by atoms with Gasteiger partial charge in [-0.05, 0) is 61.2 Å². The average molecular weight is 430 g/mol. The Labute approximate surface area is 177 Å². The molecule has 1 aliphatic heterocycles. The van der Waals surface area contributed by atoms with Gasteiger partial charge in [0.15, 0.2) is 0 Å². The van der Waals surface area contributed by atoms with Crippen LogP contribution in [0.3, 0.4) is 0 Å². The van der Waals surface area contributed by atoms with Crippen molar-refractivity contribution in [3.63, 3.8) is 0 Å². The zero-order valence-electron chi connectivity index (χ0n) is 17.3. The third-order valence-electron chi connectivity index (χ3n) is 5.19. The summed E-state index contributed by atoms with van der Waals surface area (Å²) in [5.74, 6) is -0.240. The first-order chi connectivity index (χ1) is 14.3. The lowest BCUT2D eigenvalue weighted by atomic mass is 10.1. The maximum absolute atomic E-state index is 12.5. The summed E-state index contributed by atoms with van der Waals surface area (Å²) < 4.78 is 25.3. The van der Waals surface area contributed by atoms with Crippen LogP contribution in [0.25, 0.3) is 0 Å². The number of carbonyl (C=O) groups is 2. The van der Waals surface area contributed by atoms with Crippen LogP contribution in [0.5, 0.6) is 0 Å². The number of nitrogens with zero attached hydrogens (tertiary/aromatic N) is 2. The molecule has 0 unspecified atom stereocenters. The maximum atomic E-state index is 12.5. The van der Waals surface area contributed by atoms with E-state index in [1.54, 1.807) is 12.1 Å². The Morgan fingerprint density at radius 3 is 2.03 bits per heavy atom. The highest BCUT2D eigenvalue weighted by atomic mass is 32.2. The van der Waals surface area contributed by atoms with Crippen LogP contribution in [-0.2, 0) is 16.6 Å². The molecule has 7 nitrogen and oxygen atoms in total. The van der Waals surface area contributed by atoms with Gasteiger partial charge in [0.2, 0.25) is 10.0 Å². The van der Waals surface area contributed by atoms with Gasteiger partial charge >= 0.3 is 0 Å². The smallest absolute Gasteiger partial charge is 0.253 e. The lowest BCUT2D eigenvalue weighted by Crippen LogP contribution is -2.35. The van der Waals surface area contributed by atoms with E-state index < -0.39 is 10.0 Å². The number of rotatable bonds is 6. The number of likely N-dealkylation sites (tertiary alicyclic amines) is 1. The molecule has 0 spiro atoms. The van der Waals surface area contributed by atoms with Crippen molar-refractivity contribution in [2.75, 3.05) is 27.2 Å². The number of nitrogens with one attached hydrogen (secondary N) is 1. The quantitative estimate of drug-likeness (QED) is 0.764. The second-order valence-electron chi connectivity index (χ2n) is 7.54. The standard InChI is InChI=1S/C22H27N3O4S/c1-24(2)30(28,29)20-12-10-18(11-13-20)21(26)23-16-17-6-8-19(9-7-17)22(27)25-14-4-3-5-15-25/h6-13H,3-5,14-16H2,1-2H3,(H,23,26). The molecule has 1 heterocycles. The van der Waals surface area contributed by atoms with E-state index in [0.29, 0.717) is 17.7 Å². The molecule has 3 rings (SSSR count). The first kappa shape index (κ1) is 22.0. The van der Waals surface area contributed by atoms with E-state index in [-0.39, 0.29) is 16.7 Å². The summed E-state index contributed by atoms with van der Waals surface area (Å²) in [5, 5.41) is 2.81. The molecule has 30 heavy (non-hydrogen) atoms. The first-order valence-electron chi connectivity index (χ1n) is 9.98. The van der Waals surface area contributed by atoms with Gasteiger partial charge in [-0.1, -0.05) is 12.1 Å². The molecule has 2 amide bonds. The monoisotopic (exact) mass is 429 g/mol. The molecule has 1 fully saturated rings. The fourth-order valence-corrected chi connectivity index (χ4v) is 4.22. The van der Waals surface area contributed by atoms with Crippen LogP contribution in [0, 0.1) is 0 Å². The Kier molecular flexibility index (Phi) is 6.89. The number of benzene rings is 2. The Morgan fingerprint density at radius 1 is 0.900 bits per heavy atom. The lowest BCUT2D eigenvalue weighted by molar-refractivity contribution is 0.0724. The molecule has 8 heteroatoms. The molecule has 0 radical (unpaired) electrons. The van der Waals surface area contributed by atoms with E-state index in [1.165, 1.54) is 44.8 Å². The predicted octanol–water partition coefficient (Wildman–Crippen LogP) is 2.49. The summed E-state index contributed by atoms with van der Waals surface area (Å²) in [7, 11) is -0.604. The van der Waals surface area contributed by atoms with Gasteiger partial charge in [-0.3, -0.25) is 9.59 Å². The van der Waals surface area contributed by atoms with Crippen LogP contribution in [0.1, 0.15) is 45.5 Å². The molecule has 0 bridgehead atoms. The molecular weight excluding hydrogens is 402 g/mol. The van der Waals surface area contributed by atoms with Gasteiger partial charge in [0.1, 0.15) is 0 Å². The zero-order valence-corrected chi connectivity index (χ0v) is 18.1. The van der Waals surface area contributed by atoms with Crippen molar-refractivity contribution >= 4 is 21.8 Å². The molecule has 0 aliphatic carbocycles. The molecule has 0 saturated carbocycles. The van der Waals surface area contributed by atoms with Crippen LogP contribution < -0.4 is 5.32 Å². The van der Waals surface area contributed by atoms with Crippen molar-refractivity contribution < 1.29 is 18.0 Å². The van der Waals surface area contributed by atoms with Gasteiger partial charge in [0, 0.05) is 44.9 Å². The van der Waals surface area contributed by atoms with Gasteiger partial charge in [-0.15, -0.1) is 0 Å². The van der Waals surface area contributed by atoms with E-state index in [4.69, 9.17) is 0 Å². The predicted molar refractivity (Wildman–Crippen MR) is 115 cm³/mol. The van der Waals surface area contributed by atoms with E-state index >= 15 is 0 Å². The SMILES string of the molecule is CN(C)S(=O)(=O)c1ccc(C(=O)NCc2ccc(C(=O)N3CCCCC3)cc2)cc1. The van der Waals surface area contributed by atoms with E-state index in [2.05, 4.69) is 5.32 Å². The van der Waals surface area contributed by atoms with Crippen molar-refractivity contribution in [1.29, 1.82) is 0 Å². The molecule has 0 aromatic heterocycles. The van der Waals surface area contributed by atoms with Crippen LogP contribution in [0.15, 0.2) is 53.4 Å². The molecule has 160 valence electrons. The van der Waals surface area contributed by atoms with Gasteiger partial charge in [-0.2, -0.15) is 0 Å². The third kappa shape index (κ3) is 5.06.